The Morgan fingerprint density at radius 3 is 2.31 bits per heavy atom. The van der Waals surface area contributed by atoms with E-state index in [1.807, 2.05) is 0 Å². The van der Waals surface area contributed by atoms with E-state index in [2.05, 4.69) is 0 Å². The van der Waals surface area contributed by atoms with Gasteiger partial charge in [-0.05, 0) is 20.3 Å². The minimum Gasteiger partial charge on any atom is -0.462 e. The smallest absolute Gasteiger partial charge is 0.323 e. The van der Waals surface area contributed by atoms with E-state index in [1.54, 1.807) is 13.8 Å². The number of amides is 1. The third-order valence-corrected chi connectivity index (χ3v) is 1.36. The molecule has 0 saturated heterocycles. The lowest BCUT2D eigenvalue weighted by Crippen LogP contribution is -2.34. The average Bonchev–Trinajstić information content (AvgIpc) is 1.98. The second-order valence-corrected chi connectivity index (χ2v) is 3.10. The lowest BCUT2D eigenvalue weighted by Gasteiger charge is -2.12. The van der Waals surface area contributed by atoms with E-state index < -0.39 is 17.9 Å². The van der Waals surface area contributed by atoms with Gasteiger partial charge in [0.15, 0.2) is 0 Å². The largest absolute Gasteiger partial charge is 0.462 e. The molecule has 0 aromatic heterocycles. The van der Waals surface area contributed by atoms with Gasteiger partial charge in [-0.1, -0.05) is 0 Å². The molecule has 0 aliphatic carbocycles. The van der Waals surface area contributed by atoms with Crippen LogP contribution in [0.25, 0.3) is 0 Å². The zero-order valence-corrected chi connectivity index (χ0v) is 7.95. The number of esters is 1. The highest BCUT2D eigenvalue weighted by atomic mass is 16.5. The molecular weight excluding hydrogens is 172 g/mol. The molecule has 0 aromatic carbocycles. The molecule has 0 bridgehead atoms. The summed E-state index contributed by atoms with van der Waals surface area (Å²) in [6.45, 7) is 3.47. The van der Waals surface area contributed by atoms with Gasteiger partial charge in [-0.2, -0.15) is 0 Å². The molecular formula is C8H16N2O3. The SMILES string of the molecule is CC(C)OC(=O)C(N)CCC(N)=O. The van der Waals surface area contributed by atoms with Crippen LogP contribution in [-0.2, 0) is 14.3 Å². The highest BCUT2D eigenvalue weighted by Gasteiger charge is 2.16. The average molecular weight is 188 g/mol. The van der Waals surface area contributed by atoms with Crippen molar-refractivity contribution in [2.45, 2.75) is 38.8 Å². The van der Waals surface area contributed by atoms with Gasteiger partial charge in [0, 0.05) is 6.42 Å². The van der Waals surface area contributed by atoms with E-state index in [1.165, 1.54) is 0 Å². The van der Waals surface area contributed by atoms with Crippen LogP contribution >= 0.6 is 0 Å². The molecule has 4 N–H and O–H groups in total. The van der Waals surface area contributed by atoms with Crippen LogP contribution in [0.15, 0.2) is 0 Å². The summed E-state index contributed by atoms with van der Waals surface area (Å²) in [5.41, 5.74) is 10.3. The number of carbonyl (C=O) groups excluding carboxylic acids is 2. The highest BCUT2D eigenvalue weighted by molar-refractivity contribution is 5.78. The maximum atomic E-state index is 11.1. The van der Waals surface area contributed by atoms with Gasteiger partial charge >= 0.3 is 5.97 Å². The van der Waals surface area contributed by atoms with Gasteiger partial charge in [0.25, 0.3) is 0 Å². The highest BCUT2D eigenvalue weighted by Crippen LogP contribution is 1.99. The van der Waals surface area contributed by atoms with Gasteiger partial charge in [-0.25, -0.2) is 0 Å². The van der Waals surface area contributed by atoms with E-state index in [0.717, 1.165) is 0 Å². The molecule has 5 heteroatoms. The first-order chi connectivity index (χ1) is 5.93. The molecule has 0 aliphatic rings. The van der Waals surface area contributed by atoms with Crippen molar-refractivity contribution >= 4 is 11.9 Å². The molecule has 0 fully saturated rings. The predicted molar refractivity (Wildman–Crippen MR) is 47.6 cm³/mol. The monoisotopic (exact) mass is 188 g/mol. The quantitative estimate of drug-likeness (QED) is 0.570. The van der Waals surface area contributed by atoms with Crippen molar-refractivity contribution in [2.24, 2.45) is 11.5 Å². The third-order valence-electron chi connectivity index (χ3n) is 1.36. The van der Waals surface area contributed by atoms with Crippen LogP contribution in [0.1, 0.15) is 26.7 Å². The van der Waals surface area contributed by atoms with Crippen LogP contribution in [0, 0.1) is 0 Å². The van der Waals surface area contributed by atoms with Gasteiger partial charge in [0.1, 0.15) is 6.04 Å². The van der Waals surface area contributed by atoms with Gasteiger partial charge in [0.2, 0.25) is 5.91 Å². The molecule has 0 aliphatic heterocycles. The Labute approximate surface area is 77.4 Å². The molecule has 1 unspecified atom stereocenters. The summed E-state index contributed by atoms with van der Waals surface area (Å²) in [5, 5.41) is 0. The molecule has 76 valence electrons. The zero-order valence-electron chi connectivity index (χ0n) is 7.95. The molecule has 0 saturated carbocycles. The number of carbonyl (C=O) groups is 2. The van der Waals surface area contributed by atoms with Crippen molar-refractivity contribution in [1.29, 1.82) is 0 Å². The van der Waals surface area contributed by atoms with Crippen LogP contribution in [0.2, 0.25) is 0 Å². The van der Waals surface area contributed by atoms with Crippen molar-refractivity contribution in [3.63, 3.8) is 0 Å². The first-order valence-electron chi connectivity index (χ1n) is 4.18. The molecule has 13 heavy (non-hydrogen) atoms. The van der Waals surface area contributed by atoms with Crippen molar-refractivity contribution in [2.75, 3.05) is 0 Å². The second-order valence-electron chi connectivity index (χ2n) is 3.10. The van der Waals surface area contributed by atoms with E-state index in [9.17, 15) is 9.59 Å². The standard InChI is InChI=1S/C8H16N2O3/c1-5(2)13-8(12)6(9)3-4-7(10)11/h5-6H,3-4,9H2,1-2H3,(H2,10,11). The Balaban J connectivity index is 3.76. The van der Waals surface area contributed by atoms with Crippen LogP contribution in [0.3, 0.4) is 0 Å². The molecule has 5 nitrogen and oxygen atoms in total. The first-order valence-corrected chi connectivity index (χ1v) is 4.18. The summed E-state index contributed by atoms with van der Waals surface area (Å²) in [6, 6.07) is -0.755. The third kappa shape index (κ3) is 6.10. The number of primary amides is 1. The molecule has 0 rings (SSSR count). The first kappa shape index (κ1) is 11.9. The molecule has 0 aromatic rings. The Morgan fingerprint density at radius 2 is 1.92 bits per heavy atom. The number of ether oxygens (including phenoxy) is 1. The Morgan fingerprint density at radius 1 is 1.38 bits per heavy atom. The van der Waals surface area contributed by atoms with E-state index >= 15 is 0 Å². The lowest BCUT2D eigenvalue weighted by atomic mass is 10.1. The summed E-state index contributed by atoms with van der Waals surface area (Å²) in [4.78, 5) is 21.4. The van der Waals surface area contributed by atoms with Gasteiger partial charge in [-0.15, -0.1) is 0 Å². The molecule has 0 radical (unpaired) electrons. The minimum atomic E-state index is -0.755. The van der Waals surface area contributed by atoms with Crippen molar-refractivity contribution < 1.29 is 14.3 Å². The Hall–Kier alpha value is -1.10. The van der Waals surface area contributed by atoms with Crippen molar-refractivity contribution in [3.05, 3.63) is 0 Å². The number of nitrogens with two attached hydrogens (primary N) is 2. The Bertz CT molecular complexity index is 192. The molecule has 1 atom stereocenters. The molecule has 0 spiro atoms. The molecule has 0 heterocycles. The predicted octanol–water partition coefficient (Wildman–Crippen LogP) is -0.469. The van der Waals surface area contributed by atoms with Gasteiger partial charge in [-0.3, -0.25) is 9.59 Å². The normalized spacial score (nSPS) is 12.6. The summed E-state index contributed by atoms with van der Waals surface area (Å²) in [5.74, 6) is -0.955. The van der Waals surface area contributed by atoms with Crippen LogP contribution in [0.4, 0.5) is 0 Å². The van der Waals surface area contributed by atoms with Crippen LogP contribution in [0.5, 0.6) is 0 Å². The van der Waals surface area contributed by atoms with Crippen LogP contribution < -0.4 is 11.5 Å². The van der Waals surface area contributed by atoms with Crippen molar-refractivity contribution in [3.8, 4) is 0 Å². The lowest BCUT2D eigenvalue weighted by molar-refractivity contribution is -0.149. The number of rotatable bonds is 5. The minimum absolute atomic E-state index is 0.106. The fourth-order valence-corrected chi connectivity index (χ4v) is 0.735. The zero-order chi connectivity index (χ0) is 10.4. The fourth-order valence-electron chi connectivity index (χ4n) is 0.735. The van der Waals surface area contributed by atoms with E-state index in [0.29, 0.717) is 0 Å². The van der Waals surface area contributed by atoms with E-state index in [-0.39, 0.29) is 18.9 Å². The number of hydrogen-bond donors (Lipinski definition) is 2. The summed E-state index contributed by atoms with van der Waals surface area (Å²) < 4.78 is 4.83. The van der Waals surface area contributed by atoms with Gasteiger partial charge in [0.05, 0.1) is 6.10 Å². The van der Waals surface area contributed by atoms with Crippen LogP contribution in [-0.4, -0.2) is 24.0 Å². The summed E-state index contributed by atoms with van der Waals surface area (Å²) >= 11 is 0. The Kier molecular flexibility index (Phi) is 5.06. The van der Waals surface area contributed by atoms with Gasteiger partial charge < -0.3 is 16.2 Å². The topological polar surface area (TPSA) is 95.4 Å². The molecule has 1 amide bonds. The fraction of sp³-hybridized carbons (Fsp3) is 0.750. The summed E-state index contributed by atoms with van der Waals surface area (Å²) in [6.07, 6.45) is 0.155. The second kappa shape index (κ2) is 5.53. The van der Waals surface area contributed by atoms with Crippen molar-refractivity contribution in [1.82, 2.24) is 0 Å². The number of hydrogen-bond acceptors (Lipinski definition) is 4. The van der Waals surface area contributed by atoms with E-state index in [4.69, 9.17) is 16.2 Å². The summed E-state index contributed by atoms with van der Waals surface area (Å²) in [7, 11) is 0. The maximum absolute atomic E-state index is 11.1. The maximum Gasteiger partial charge on any atom is 0.323 e.